The summed E-state index contributed by atoms with van der Waals surface area (Å²) < 4.78 is 37.9. The molecule has 0 radical (unpaired) electrons. The van der Waals surface area contributed by atoms with Crippen molar-refractivity contribution in [1.82, 2.24) is 9.80 Å². The summed E-state index contributed by atoms with van der Waals surface area (Å²) in [5.41, 5.74) is 0.101. The predicted molar refractivity (Wildman–Crippen MR) is 70.2 cm³/mol. The van der Waals surface area contributed by atoms with E-state index in [-0.39, 0.29) is 6.61 Å². The SMILES string of the molecule is OCCN1CCN(Cc2cccc(C(F)(F)F)c2)CC1. The van der Waals surface area contributed by atoms with Crippen molar-refractivity contribution in [2.45, 2.75) is 12.7 Å². The second kappa shape index (κ2) is 6.56. The van der Waals surface area contributed by atoms with Crippen LogP contribution >= 0.6 is 0 Å². The molecular weight excluding hydrogens is 269 g/mol. The first-order valence-corrected chi connectivity index (χ1v) is 6.71. The molecule has 1 aliphatic rings. The van der Waals surface area contributed by atoms with E-state index in [1.165, 1.54) is 12.1 Å². The van der Waals surface area contributed by atoms with Crippen LogP contribution in [0.15, 0.2) is 24.3 Å². The fourth-order valence-electron chi connectivity index (χ4n) is 2.42. The van der Waals surface area contributed by atoms with E-state index in [1.54, 1.807) is 6.07 Å². The monoisotopic (exact) mass is 288 g/mol. The van der Waals surface area contributed by atoms with E-state index in [2.05, 4.69) is 9.80 Å². The summed E-state index contributed by atoms with van der Waals surface area (Å²) in [6, 6.07) is 5.51. The van der Waals surface area contributed by atoms with Crippen LogP contribution in [0.2, 0.25) is 0 Å². The average molecular weight is 288 g/mol. The second-order valence-electron chi connectivity index (χ2n) is 5.04. The Kier molecular flexibility index (Phi) is 5.01. The fraction of sp³-hybridized carbons (Fsp3) is 0.571. The van der Waals surface area contributed by atoms with Crippen LogP contribution in [0.25, 0.3) is 0 Å². The van der Waals surface area contributed by atoms with Gasteiger partial charge in [0.25, 0.3) is 0 Å². The van der Waals surface area contributed by atoms with Crippen molar-refractivity contribution in [1.29, 1.82) is 0 Å². The molecule has 1 aliphatic heterocycles. The Morgan fingerprint density at radius 3 is 2.30 bits per heavy atom. The highest BCUT2D eigenvalue weighted by Gasteiger charge is 2.30. The van der Waals surface area contributed by atoms with Crippen molar-refractivity contribution < 1.29 is 18.3 Å². The van der Waals surface area contributed by atoms with E-state index in [4.69, 9.17) is 5.11 Å². The van der Waals surface area contributed by atoms with Crippen LogP contribution in [0.4, 0.5) is 13.2 Å². The van der Waals surface area contributed by atoms with Gasteiger partial charge in [-0.15, -0.1) is 0 Å². The molecule has 0 atom stereocenters. The number of halogens is 3. The lowest BCUT2D eigenvalue weighted by molar-refractivity contribution is -0.137. The summed E-state index contributed by atoms with van der Waals surface area (Å²) in [7, 11) is 0. The van der Waals surface area contributed by atoms with Crippen LogP contribution in [0.5, 0.6) is 0 Å². The molecule has 6 heteroatoms. The molecule has 0 amide bonds. The molecule has 112 valence electrons. The number of β-amino-alcohol motifs (C(OH)–C–C–N with tert-alkyl or cyclic N) is 1. The van der Waals surface area contributed by atoms with Gasteiger partial charge < -0.3 is 5.11 Å². The van der Waals surface area contributed by atoms with Gasteiger partial charge in [0.05, 0.1) is 12.2 Å². The first-order valence-electron chi connectivity index (χ1n) is 6.71. The highest BCUT2D eigenvalue weighted by atomic mass is 19.4. The minimum absolute atomic E-state index is 0.146. The molecule has 0 spiro atoms. The van der Waals surface area contributed by atoms with E-state index in [9.17, 15) is 13.2 Å². The minimum atomic E-state index is -4.28. The average Bonchev–Trinajstić information content (AvgIpc) is 2.41. The van der Waals surface area contributed by atoms with Gasteiger partial charge in [-0.1, -0.05) is 18.2 Å². The van der Waals surface area contributed by atoms with Gasteiger partial charge in [-0.05, 0) is 11.6 Å². The van der Waals surface area contributed by atoms with Crippen LogP contribution in [0.1, 0.15) is 11.1 Å². The molecule has 1 heterocycles. The predicted octanol–water partition coefficient (Wildman–Crippen LogP) is 1.82. The van der Waals surface area contributed by atoms with Crippen LogP contribution < -0.4 is 0 Å². The highest BCUT2D eigenvalue weighted by Crippen LogP contribution is 2.29. The smallest absolute Gasteiger partial charge is 0.395 e. The number of piperazine rings is 1. The number of hydrogen-bond acceptors (Lipinski definition) is 3. The molecule has 0 bridgehead atoms. The molecular formula is C14H19F3N2O. The standard InChI is InChI=1S/C14H19F3N2O/c15-14(16,17)13-3-1-2-12(10-13)11-19-6-4-18(5-7-19)8-9-20/h1-3,10,20H,4-9,11H2. The third-order valence-electron chi connectivity index (χ3n) is 3.54. The molecule has 20 heavy (non-hydrogen) atoms. The lowest BCUT2D eigenvalue weighted by Gasteiger charge is -2.34. The second-order valence-corrected chi connectivity index (χ2v) is 5.04. The summed E-state index contributed by atoms with van der Waals surface area (Å²) in [5.74, 6) is 0. The van der Waals surface area contributed by atoms with Gasteiger partial charge in [0.2, 0.25) is 0 Å². The number of rotatable bonds is 4. The van der Waals surface area contributed by atoms with Gasteiger partial charge in [-0.3, -0.25) is 9.80 Å². The zero-order valence-electron chi connectivity index (χ0n) is 11.2. The Morgan fingerprint density at radius 2 is 1.70 bits per heavy atom. The topological polar surface area (TPSA) is 26.7 Å². The molecule has 3 nitrogen and oxygen atoms in total. The van der Waals surface area contributed by atoms with Crippen LogP contribution in [0, 0.1) is 0 Å². The van der Waals surface area contributed by atoms with E-state index < -0.39 is 11.7 Å². The quantitative estimate of drug-likeness (QED) is 0.915. The number of alkyl halides is 3. The zero-order valence-corrected chi connectivity index (χ0v) is 11.2. The molecule has 1 N–H and O–H groups in total. The largest absolute Gasteiger partial charge is 0.416 e. The Balaban J connectivity index is 1.91. The zero-order chi connectivity index (χ0) is 14.6. The Bertz CT molecular complexity index is 429. The summed E-state index contributed by atoms with van der Waals surface area (Å²) in [6.07, 6.45) is -4.28. The summed E-state index contributed by atoms with van der Waals surface area (Å²) >= 11 is 0. The molecule has 0 aliphatic carbocycles. The van der Waals surface area contributed by atoms with Crippen molar-refractivity contribution in [3.63, 3.8) is 0 Å². The van der Waals surface area contributed by atoms with Crippen LogP contribution in [-0.2, 0) is 12.7 Å². The highest BCUT2D eigenvalue weighted by molar-refractivity contribution is 5.25. The van der Waals surface area contributed by atoms with Gasteiger partial charge in [0.15, 0.2) is 0 Å². The molecule has 1 aromatic carbocycles. The maximum atomic E-state index is 12.6. The maximum absolute atomic E-state index is 12.6. The normalized spacial score (nSPS) is 18.4. The van der Waals surface area contributed by atoms with E-state index >= 15 is 0 Å². The minimum Gasteiger partial charge on any atom is -0.395 e. The van der Waals surface area contributed by atoms with Crippen molar-refractivity contribution in [2.24, 2.45) is 0 Å². The van der Waals surface area contributed by atoms with Crippen molar-refractivity contribution in [2.75, 3.05) is 39.3 Å². The van der Waals surface area contributed by atoms with E-state index in [1.807, 2.05) is 0 Å². The number of aliphatic hydroxyl groups excluding tert-OH is 1. The molecule has 0 saturated carbocycles. The number of benzene rings is 1. The molecule has 0 aromatic heterocycles. The Labute approximate surface area is 116 Å². The summed E-state index contributed by atoms with van der Waals surface area (Å²) in [5, 5.41) is 8.86. The lowest BCUT2D eigenvalue weighted by atomic mass is 10.1. The molecule has 1 aromatic rings. The van der Waals surface area contributed by atoms with Crippen molar-refractivity contribution in [3.8, 4) is 0 Å². The first kappa shape index (κ1) is 15.3. The summed E-state index contributed by atoms with van der Waals surface area (Å²) in [6.45, 7) is 4.67. The van der Waals surface area contributed by atoms with Crippen LogP contribution in [-0.4, -0.2) is 54.2 Å². The van der Waals surface area contributed by atoms with E-state index in [0.29, 0.717) is 18.7 Å². The number of nitrogens with zero attached hydrogens (tertiary/aromatic N) is 2. The van der Waals surface area contributed by atoms with E-state index in [0.717, 1.165) is 32.2 Å². The van der Waals surface area contributed by atoms with Gasteiger partial charge >= 0.3 is 6.18 Å². The van der Waals surface area contributed by atoms with Gasteiger partial charge in [0, 0.05) is 39.3 Å². The number of hydrogen-bond donors (Lipinski definition) is 1. The van der Waals surface area contributed by atoms with Crippen LogP contribution in [0.3, 0.4) is 0 Å². The number of aliphatic hydroxyl groups is 1. The third kappa shape index (κ3) is 4.19. The lowest BCUT2D eigenvalue weighted by Crippen LogP contribution is -2.46. The van der Waals surface area contributed by atoms with Gasteiger partial charge in [-0.2, -0.15) is 13.2 Å². The maximum Gasteiger partial charge on any atom is 0.416 e. The Hall–Kier alpha value is -1.11. The van der Waals surface area contributed by atoms with Crippen molar-refractivity contribution >= 4 is 0 Å². The third-order valence-corrected chi connectivity index (χ3v) is 3.54. The van der Waals surface area contributed by atoms with Gasteiger partial charge in [0.1, 0.15) is 0 Å². The molecule has 1 fully saturated rings. The Morgan fingerprint density at radius 1 is 1.05 bits per heavy atom. The first-order chi connectivity index (χ1) is 9.49. The van der Waals surface area contributed by atoms with Crippen molar-refractivity contribution in [3.05, 3.63) is 35.4 Å². The molecule has 0 unspecified atom stereocenters. The fourth-order valence-corrected chi connectivity index (χ4v) is 2.42. The summed E-state index contributed by atoms with van der Waals surface area (Å²) in [4.78, 5) is 4.30. The van der Waals surface area contributed by atoms with Gasteiger partial charge in [-0.25, -0.2) is 0 Å². The molecule has 2 rings (SSSR count). The molecule has 1 saturated heterocycles.